The summed E-state index contributed by atoms with van der Waals surface area (Å²) in [6, 6.07) is 0. The van der Waals surface area contributed by atoms with Gasteiger partial charge in [0.05, 0.1) is 10.2 Å². The van der Waals surface area contributed by atoms with Crippen molar-refractivity contribution in [3.63, 3.8) is 0 Å². The van der Waals surface area contributed by atoms with E-state index in [1.165, 1.54) is 0 Å². The van der Waals surface area contributed by atoms with Crippen LogP contribution in [0.1, 0.15) is 33.4 Å². The second-order valence-electron chi connectivity index (χ2n) is 4.52. The average Bonchev–Trinajstić information content (AvgIpc) is 2.10. The van der Waals surface area contributed by atoms with Gasteiger partial charge in [-0.2, -0.15) is 0 Å². The van der Waals surface area contributed by atoms with Crippen LogP contribution in [0.4, 0.5) is 5.95 Å². The SMILES string of the molecule is CCN(c1ncc(Br)c(C)n1)C(C)(C)C. The summed E-state index contributed by atoms with van der Waals surface area (Å²) >= 11 is 3.41. The number of aromatic nitrogens is 2. The first kappa shape index (κ1) is 12.4. The minimum Gasteiger partial charge on any atom is -0.336 e. The molecule has 0 unspecified atom stereocenters. The average molecular weight is 272 g/mol. The second-order valence-corrected chi connectivity index (χ2v) is 5.37. The number of nitrogens with zero attached hydrogens (tertiary/aromatic N) is 3. The quantitative estimate of drug-likeness (QED) is 0.828. The van der Waals surface area contributed by atoms with Gasteiger partial charge in [0.15, 0.2) is 0 Å². The van der Waals surface area contributed by atoms with Gasteiger partial charge < -0.3 is 4.90 Å². The molecule has 0 aliphatic heterocycles. The van der Waals surface area contributed by atoms with Crippen molar-refractivity contribution in [2.75, 3.05) is 11.4 Å². The molecule has 84 valence electrons. The van der Waals surface area contributed by atoms with Gasteiger partial charge in [0.2, 0.25) is 5.95 Å². The minimum atomic E-state index is 0.0506. The van der Waals surface area contributed by atoms with Gasteiger partial charge in [0.25, 0.3) is 0 Å². The Morgan fingerprint density at radius 2 is 2.00 bits per heavy atom. The zero-order valence-electron chi connectivity index (χ0n) is 10.0. The highest BCUT2D eigenvalue weighted by molar-refractivity contribution is 9.10. The number of anilines is 1. The molecule has 1 aromatic rings. The molecule has 1 heterocycles. The molecule has 0 aliphatic rings. The maximum atomic E-state index is 4.48. The summed E-state index contributed by atoms with van der Waals surface area (Å²) in [4.78, 5) is 11.0. The van der Waals surface area contributed by atoms with E-state index in [0.29, 0.717) is 0 Å². The first-order valence-electron chi connectivity index (χ1n) is 5.13. The highest BCUT2D eigenvalue weighted by Crippen LogP contribution is 2.21. The Labute approximate surface area is 100 Å². The Bertz CT molecular complexity index is 344. The second kappa shape index (κ2) is 4.47. The Morgan fingerprint density at radius 1 is 1.40 bits per heavy atom. The van der Waals surface area contributed by atoms with Crippen LogP contribution in [0, 0.1) is 6.92 Å². The molecule has 0 saturated heterocycles. The minimum absolute atomic E-state index is 0.0506. The molecule has 0 spiro atoms. The van der Waals surface area contributed by atoms with Crippen LogP contribution in [-0.4, -0.2) is 22.1 Å². The molecular weight excluding hydrogens is 254 g/mol. The van der Waals surface area contributed by atoms with Crippen LogP contribution in [0.2, 0.25) is 0 Å². The van der Waals surface area contributed by atoms with Crippen molar-refractivity contribution >= 4 is 21.9 Å². The van der Waals surface area contributed by atoms with Crippen LogP contribution in [-0.2, 0) is 0 Å². The molecule has 0 atom stereocenters. The third kappa shape index (κ3) is 2.91. The zero-order valence-corrected chi connectivity index (χ0v) is 11.6. The summed E-state index contributed by atoms with van der Waals surface area (Å²) in [7, 11) is 0. The molecule has 4 heteroatoms. The van der Waals surface area contributed by atoms with Crippen molar-refractivity contribution < 1.29 is 0 Å². The van der Waals surface area contributed by atoms with Crippen LogP contribution in [0.15, 0.2) is 10.7 Å². The first-order valence-corrected chi connectivity index (χ1v) is 5.92. The number of rotatable bonds is 2. The molecule has 0 N–H and O–H groups in total. The molecule has 0 saturated carbocycles. The summed E-state index contributed by atoms with van der Waals surface area (Å²) in [6.45, 7) is 11.5. The monoisotopic (exact) mass is 271 g/mol. The summed E-state index contributed by atoms with van der Waals surface area (Å²) < 4.78 is 0.955. The predicted octanol–water partition coefficient (Wildman–Crippen LogP) is 3.17. The summed E-state index contributed by atoms with van der Waals surface area (Å²) in [5.74, 6) is 0.797. The highest BCUT2D eigenvalue weighted by Gasteiger charge is 2.22. The summed E-state index contributed by atoms with van der Waals surface area (Å²) in [5.41, 5.74) is 1.03. The van der Waals surface area contributed by atoms with Gasteiger partial charge in [-0.15, -0.1) is 0 Å². The highest BCUT2D eigenvalue weighted by atomic mass is 79.9. The zero-order chi connectivity index (χ0) is 11.6. The van der Waals surface area contributed by atoms with Gasteiger partial charge in [-0.05, 0) is 50.5 Å². The molecular formula is C11H18BrN3. The van der Waals surface area contributed by atoms with E-state index in [9.17, 15) is 0 Å². The molecule has 3 nitrogen and oxygen atoms in total. The van der Waals surface area contributed by atoms with Crippen LogP contribution in [0.3, 0.4) is 0 Å². The van der Waals surface area contributed by atoms with Gasteiger partial charge in [-0.3, -0.25) is 0 Å². The third-order valence-corrected chi connectivity index (χ3v) is 3.05. The summed E-state index contributed by atoms with van der Waals surface area (Å²) in [6.07, 6.45) is 1.81. The summed E-state index contributed by atoms with van der Waals surface area (Å²) in [5, 5.41) is 0. The molecule has 1 rings (SSSR count). The van der Waals surface area contributed by atoms with E-state index in [4.69, 9.17) is 0 Å². The lowest BCUT2D eigenvalue weighted by Gasteiger charge is -2.34. The fourth-order valence-corrected chi connectivity index (χ4v) is 1.68. The molecule has 0 radical (unpaired) electrons. The molecule has 15 heavy (non-hydrogen) atoms. The first-order chi connectivity index (χ1) is 6.86. The molecule has 0 aliphatic carbocycles. The molecule has 0 bridgehead atoms. The van der Waals surface area contributed by atoms with Crippen molar-refractivity contribution in [2.45, 2.75) is 40.2 Å². The number of hydrogen-bond donors (Lipinski definition) is 0. The van der Waals surface area contributed by atoms with E-state index in [1.807, 2.05) is 13.1 Å². The maximum absolute atomic E-state index is 4.48. The lowest BCUT2D eigenvalue weighted by molar-refractivity contribution is 0.502. The van der Waals surface area contributed by atoms with Crippen LogP contribution >= 0.6 is 15.9 Å². The number of halogens is 1. The smallest absolute Gasteiger partial charge is 0.226 e. The number of hydrogen-bond acceptors (Lipinski definition) is 3. The van der Waals surface area contributed by atoms with Crippen molar-refractivity contribution in [1.29, 1.82) is 0 Å². The van der Waals surface area contributed by atoms with Gasteiger partial charge >= 0.3 is 0 Å². The fourth-order valence-electron chi connectivity index (χ4n) is 1.49. The fraction of sp³-hybridized carbons (Fsp3) is 0.636. The normalized spacial score (nSPS) is 11.6. The van der Waals surface area contributed by atoms with E-state index in [1.54, 1.807) is 0 Å². The van der Waals surface area contributed by atoms with E-state index in [2.05, 4.69) is 58.5 Å². The Morgan fingerprint density at radius 3 is 2.40 bits per heavy atom. The van der Waals surface area contributed by atoms with E-state index in [-0.39, 0.29) is 5.54 Å². The Balaban J connectivity index is 3.08. The molecule has 0 aromatic carbocycles. The van der Waals surface area contributed by atoms with Crippen LogP contribution in [0.5, 0.6) is 0 Å². The van der Waals surface area contributed by atoms with Gasteiger partial charge in [0, 0.05) is 18.3 Å². The topological polar surface area (TPSA) is 29.0 Å². The van der Waals surface area contributed by atoms with Crippen molar-refractivity contribution in [3.05, 3.63) is 16.4 Å². The van der Waals surface area contributed by atoms with E-state index in [0.717, 1.165) is 22.7 Å². The van der Waals surface area contributed by atoms with Gasteiger partial charge in [-0.1, -0.05) is 0 Å². The van der Waals surface area contributed by atoms with E-state index >= 15 is 0 Å². The van der Waals surface area contributed by atoms with Crippen LogP contribution in [0.25, 0.3) is 0 Å². The molecule has 0 amide bonds. The lowest BCUT2D eigenvalue weighted by atomic mass is 10.1. The molecule has 1 aromatic heterocycles. The van der Waals surface area contributed by atoms with Crippen molar-refractivity contribution in [3.8, 4) is 0 Å². The van der Waals surface area contributed by atoms with Gasteiger partial charge in [-0.25, -0.2) is 9.97 Å². The maximum Gasteiger partial charge on any atom is 0.226 e. The Kier molecular flexibility index (Phi) is 3.71. The van der Waals surface area contributed by atoms with Gasteiger partial charge in [0.1, 0.15) is 0 Å². The predicted molar refractivity (Wildman–Crippen MR) is 67.2 cm³/mol. The molecule has 0 fully saturated rings. The van der Waals surface area contributed by atoms with Crippen molar-refractivity contribution in [2.24, 2.45) is 0 Å². The standard InChI is InChI=1S/C11H18BrN3/c1-6-15(11(3,4)5)10-13-7-9(12)8(2)14-10/h7H,6H2,1-5H3. The van der Waals surface area contributed by atoms with Crippen molar-refractivity contribution in [1.82, 2.24) is 9.97 Å². The third-order valence-electron chi connectivity index (χ3n) is 2.27. The van der Waals surface area contributed by atoms with E-state index < -0.39 is 0 Å². The lowest BCUT2D eigenvalue weighted by Crippen LogP contribution is -2.42. The Hall–Kier alpha value is -0.640. The largest absolute Gasteiger partial charge is 0.336 e. The van der Waals surface area contributed by atoms with Crippen LogP contribution < -0.4 is 4.90 Å². The number of aryl methyl sites for hydroxylation is 1.